The second-order valence-corrected chi connectivity index (χ2v) is 5.38. The SMILES string of the molecule is CC[C@@H](NC1CCN(C(=O)OC)CC1)c1ccccc1F. The van der Waals surface area contributed by atoms with Gasteiger partial charge >= 0.3 is 6.09 Å². The van der Waals surface area contributed by atoms with E-state index in [0.717, 1.165) is 24.8 Å². The molecule has 1 heterocycles. The third-order valence-electron chi connectivity index (χ3n) is 4.05. The van der Waals surface area contributed by atoms with Gasteiger partial charge in [0, 0.05) is 30.7 Å². The molecular formula is C16H23FN2O2. The zero-order chi connectivity index (χ0) is 15.2. The summed E-state index contributed by atoms with van der Waals surface area (Å²) in [6.45, 7) is 3.41. The number of carbonyl (C=O) groups excluding carboxylic acids is 1. The van der Waals surface area contributed by atoms with Crippen LogP contribution in [0.15, 0.2) is 24.3 Å². The number of methoxy groups -OCH3 is 1. The summed E-state index contributed by atoms with van der Waals surface area (Å²) >= 11 is 0. The lowest BCUT2D eigenvalue weighted by atomic mass is 9.99. The highest BCUT2D eigenvalue weighted by molar-refractivity contribution is 5.67. The molecule has 2 rings (SSSR count). The second kappa shape index (κ2) is 7.41. The van der Waals surface area contributed by atoms with Crippen LogP contribution in [-0.2, 0) is 4.74 Å². The predicted molar refractivity (Wildman–Crippen MR) is 79.6 cm³/mol. The average Bonchev–Trinajstić information content (AvgIpc) is 2.53. The maximum atomic E-state index is 13.9. The first-order valence-corrected chi connectivity index (χ1v) is 7.49. The Morgan fingerprint density at radius 3 is 2.67 bits per heavy atom. The molecule has 1 fully saturated rings. The van der Waals surface area contributed by atoms with E-state index in [-0.39, 0.29) is 18.0 Å². The molecule has 0 bridgehead atoms. The first-order chi connectivity index (χ1) is 10.2. The summed E-state index contributed by atoms with van der Waals surface area (Å²) in [4.78, 5) is 13.2. The van der Waals surface area contributed by atoms with Crippen LogP contribution >= 0.6 is 0 Å². The minimum absolute atomic E-state index is 0.0147. The van der Waals surface area contributed by atoms with E-state index in [4.69, 9.17) is 4.74 Å². The number of hydrogen-bond donors (Lipinski definition) is 1. The highest BCUT2D eigenvalue weighted by Crippen LogP contribution is 2.22. The number of piperidine rings is 1. The molecule has 0 aliphatic carbocycles. The lowest BCUT2D eigenvalue weighted by Gasteiger charge is -2.33. The number of rotatable bonds is 4. The summed E-state index contributed by atoms with van der Waals surface area (Å²) in [6, 6.07) is 7.22. The minimum atomic E-state index is -0.269. The summed E-state index contributed by atoms with van der Waals surface area (Å²) in [5.41, 5.74) is 0.718. The van der Waals surface area contributed by atoms with Crippen LogP contribution in [0.25, 0.3) is 0 Å². The van der Waals surface area contributed by atoms with Crippen molar-refractivity contribution in [2.24, 2.45) is 0 Å². The maximum Gasteiger partial charge on any atom is 0.409 e. The number of likely N-dealkylation sites (tertiary alicyclic amines) is 1. The lowest BCUT2D eigenvalue weighted by Crippen LogP contribution is -2.45. The molecule has 5 heteroatoms. The molecule has 4 nitrogen and oxygen atoms in total. The zero-order valence-electron chi connectivity index (χ0n) is 12.6. The van der Waals surface area contributed by atoms with Crippen LogP contribution < -0.4 is 5.32 Å². The Morgan fingerprint density at radius 2 is 2.10 bits per heavy atom. The van der Waals surface area contributed by atoms with Crippen molar-refractivity contribution in [3.8, 4) is 0 Å². The van der Waals surface area contributed by atoms with Crippen LogP contribution in [-0.4, -0.2) is 37.2 Å². The molecule has 1 aliphatic heterocycles. The van der Waals surface area contributed by atoms with Crippen molar-refractivity contribution in [1.82, 2.24) is 10.2 Å². The molecule has 1 aromatic rings. The van der Waals surface area contributed by atoms with Gasteiger partial charge in [-0.3, -0.25) is 0 Å². The Hall–Kier alpha value is -1.62. The van der Waals surface area contributed by atoms with Gasteiger partial charge in [-0.05, 0) is 25.3 Å². The molecule has 116 valence electrons. The summed E-state index contributed by atoms with van der Waals surface area (Å²) < 4.78 is 18.6. The van der Waals surface area contributed by atoms with Gasteiger partial charge in [0.25, 0.3) is 0 Å². The van der Waals surface area contributed by atoms with Crippen molar-refractivity contribution in [3.63, 3.8) is 0 Å². The molecule has 1 aromatic carbocycles. The minimum Gasteiger partial charge on any atom is -0.453 e. The number of carbonyl (C=O) groups is 1. The smallest absolute Gasteiger partial charge is 0.409 e. The summed E-state index contributed by atoms with van der Waals surface area (Å²) in [6.07, 6.45) is 2.28. The van der Waals surface area contributed by atoms with E-state index >= 15 is 0 Å². The number of nitrogens with zero attached hydrogens (tertiary/aromatic N) is 1. The van der Waals surface area contributed by atoms with Gasteiger partial charge in [-0.1, -0.05) is 25.1 Å². The predicted octanol–water partition coefficient (Wildman–Crippen LogP) is 3.10. The third-order valence-corrected chi connectivity index (χ3v) is 4.05. The van der Waals surface area contributed by atoms with E-state index < -0.39 is 0 Å². The monoisotopic (exact) mass is 294 g/mol. The van der Waals surface area contributed by atoms with Gasteiger partial charge in [0.2, 0.25) is 0 Å². The van der Waals surface area contributed by atoms with E-state index in [0.29, 0.717) is 19.1 Å². The number of hydrogen-bond acceptors (Lipinski definition) is 3. The van der Waals surface area contributed by atoms with Crippen molar-refractivity contribution in [1.29, 1.82) is 0 Å². The van der Waals surface area contributed by atoms with Crippen molar-refractivity contribution < 1.29 is 13.9 Å². The normalized spacial score (nSPS) is 17.6. The number of halogens is 1. The van der Waals surface area contributed by atoms with Crippen molar-refractivity contribution in [2.75, 3.05) is 20.2 Å². The first-order valence-electron chi connectivity index (χ1n) is 7.49. The van der Waals surface area contributed by atoms with E-state index in [1.165, 1.54) is 13.2 Å². The van der Waals surface area contributed by atoms with Crippen LogP contribution in [0.3, 0.4) is 0 Å². The topological polar surface area (TPSA) is 41.6 Å². The maximum absolute atomic E-state index is 13.9. The van der Waals surface area contributed by atoms with Crippen molar-refractivity contribution >= 4 is 6.09 Å². The number of amides is 1. The van der Waals surface area contributed by atoms with Gasteiger partial charge in [-0.2, -0.15) is 0 Å². The van der Waals surface area contributed by atoms with Crippen LogP contribution in [0.4, 0.5) is 9.18 Å². The number of benzene rings is 1. The fourth-order valence-corrected chi connectivity index (χ4v) is 2.83. The van der Waals surface area contributed by atoms with Gasteiger partial charge < -0.3 is 15.0 Å². The molecular weight excluding hydrogens is 271 g/mol. The van der Waals surface area contributed by atoms with Crippen molar-refractivity contribution in [2.45, 2.75) is 38.3 Å². The van der Waals surface area contributed by atoms with Gasteiger partial charge in [0.15, 0.2) is 0 Å². The zero-order valence-corrected chi connectivity index (χ0v) is 12.6. The number of ether oxygens (including phenoxy) is 1. The fraction of sp³-hybridized carbons (Fsp3) is 0.562. The van der Waals surface area contributed by atoms with Gasteiger partial charge in [-0.25, -0.2) is 9.18 Å². The fourth-order valence-electron chi connectivity index (χ4n) is 2.83. The molecule has 0 unspecified atom stereocenters. The molecule has 0 radical (unpaired) electrons. The molecule has 1 aliphatic rings. The van der Waals surface area contributed by atoms with Crippen molar-refractivity contribution in [3.05, 3.63) is 35.6 Å². The van der Waals surface area contributed by atoms with E-state index in [9.17, 15) is 9.18 Å². The third kappa shape index (κ3) is 3.94. The quantitative estimate of drug-likeness (QED) is 0.928. The molecule has 0 aromatic heterocycles. The van der Waals surface area contributed by atoms with Gasteiger partial charge in [0.05, 0.1) is 7.11 Å². The Labute approximate surface area is 125 Å². The highest BCUT2D eigenvalue weighted by Gasteiger charge is 2.25. The van der Waals surface area contributed by atoms with Gasteiger partial charge in [-0.15, -0.1) is 0 Å². The summed E-state index contributed by atoms with van der Waals surface area (Å²) in [7, 11) is 1.40. The molecule has 21 heavy (non-hydrogen) atoms. The molecule has 1 saturated heterocycles. The lowest BCUT2D eigenvalue weighted by molar-refractivity contribution is 0.108. The van der Waals surface area contributed by atoms with Crippen LogP contribution in [0.2, 0.25) is 0 Å². The standard InChI is InChI=1S/C16H23FN2O2/c1-3-15(13-6-4-5-7-14(13)17)18-12-8-10-19(11-9-12)16(20)21-2/h4-7,12,15,18H,3,8-11H2,1-2H3/t15-/m1/s1. The Balaban J connectivity index is 1.92. The Morgan fingerprint density at radius 1 is 1.43 bits per heavy atom. The van der Waals surface area contributed by atoms with E-state index in [2.05, 4.69) is 5.32 Å². The van der Waals surface area contributed by atoms with Crippen LogP contribution in [0.5, 0.6) is 0 Å². The molecule has 1 atom stereocenters. The molecule has 0 spiro atoms. The van der Waals surface area contributed by atoms with E-state index in [1.807, 2.05) is 19.1 Å². The summed E-state index contributed by atoms with van der Waals surface area (Å²) in [5, 5.41) is 3.52. The number of nitrogens with one attached hydrogen (secondary N) is 1. The molecule has 1 amide bonds. The average molecular weight is 294 g/mol. The highest BCUT2D eigenvalue weighted by atomic mass is 19.1. The van der Waals surface area contributed by atoms with Crippen LogP contribution in [0, 0.1) is 5.82 Å². The van der Waals surface area contributed by atoms with E-state index in [1.54, 1.807) is 11.0 Å². The van der Waals surface area contributed by atoms with Gasteiger partial charge in [0.1, 0.15) is 5.82 Å². The summed E-state index contributed by atoms with van der Waals surface area (Å²) in [5.74, 6) is -0.163. The molecule has 0 saturated carbocycles. The van der Waals surface area contributed by atoms with Crippen LogP contribution in [0.1, 0.15) is 37.8 Å². The second-order valence-electron chi connectivity index (χ2n) is 5.38. The Bertz CT molecular complexity index is 473. The first kappa shape index (κ1) is 15.8. The Kier molecular flexibility index (Phi) is 5.56. The largest absolute Gasteiger partial charge is 0.453 e. The molecule has 1 N–H and O–H groups in total.